The van der Waals surface area contributed by atoms with Crippen LogP contribution in [0, 0.1) is 11.8 Å². The van der Waals surface area contributed by atoms with E-state index >= 15 is 0 Å². The number of ether oxygens (including phenoxy) is 1. The highest BCUT2D eigenvalue weighted by atomic mass is 16.5. The van der Waals surface area contributed by atoms with Crippen LogP contribution in [0.25, 0.3) is 0 Å². The van der Waals surface area contributed by atoms with Crippen LogP contribution in [0.4, 0.5) is 0 Å². The molecule has 2 saturated heterocycles. The van der Waals surface area contributed by atoms with E-state index in [-0.39, 0.29) is 42.5 Å². The zero-order chi connectivity index (χ0) is 20.9. The van der Waals surface area contributed by atoms with Crippen molar-refractivity contribution in [1.29, 1.82) is 0 Å². The lowest BCUT2D eigenvalue weighted by atomic mass is 9.85. The molecule has 7 nitrogen and oxygen atoms in total. The third-order valence-corrected chi connectivity index (χ3v) is 6.15. The van der Waals surface area contributed by atoms with Crippen LogP contribution in [0.3, 0.4) is 0 Å². The molecule has 0 bridgehead atoms. The van der Waals surface area contributed by atoms with Gasteiger partial charge in [-0.2, -0.15) is 0 Å². The van der Waals surface area contributed by atoms with E-state index in [9.17, 15) is 14.4 Å². The maximum Gasteiger partial charge on any atom is 0.233 e. The van der Waals surface area contributed by atoms with E-state index in [0.29, 0.717) is 19.4 Å². The van der Waals surface area contributed by atoms with Gasteiger partial charge in [0, 0.05) is 39.1 Å². The van der Waals surface area contributed by atoms with E-state index in [1.165, 1.54) is 10.5 Å². The fourth-order valence-electron chi connectivity index (χ4n) is 4.45. The normalized spacial score (nSPS) is 24.2. The Morgan fingerprint density at radius 2 is 1.70 bits per heavy atom. The molecule has 1 aliphatic carbocycles. The number of hydrogen-bond donors (Lipinski definition) is 1. The number of allylic oxidation sites excluding steroid dienone is 2. The Morgan fingerprint density at radius 3 is 2.40 bits per heavy atom. The summed E-state index contributed by atoms with van der Waals surface area (Å²) in [6.45, 7) is 4.90. The van der Waals surface area contributed by atoms with Gasteiger partial charge in [-0.15, -0.1) is 0 Å². The molecule has 0 radical (unpaired) electrons. The maximum absolute atomic E-state index is 12.5. The van der Waals surface area contributed by atoms with Crippen LogP contribution in [0.15, 0.2) is 36.4 Å². The van der Waals surface area contributed by atoms with Crippen molar-refractivity contribution in [3.63, 3.8) is 0 Å². The van der Waals surface area contributed by atoms with Crippen molar-refractivity contribution in [2.75, 3.05) is 32.8 Å². The summed E-state index contributed by atoms with van der Waals surface area (Å²) in [7, 11) is 0. The number of fused-ring (bicyclic) bond motifs is 1. The summed E-state index contributed by atoms with van der Waals surface area (Å²) in [4.78, 5) is 40.9. The molecule has 1 aromatic rings. The minimum Gasteiger partial charge on any atom is -0.379 e. The Labute approximate surface area is 177 Å². The Morgan fingerprint density at radius 1 is 1.03 bits per heavy atom. The first kappa shape index (κ1) is 20.8. The highest BCUT2D eigenvalue weighted by Gasteiger charge is 2.46. The van der Waals surface area contributed by atoms with Crippen LogP contribution in [-0.4, -0.2) is 60.4 Å². The minimum atomic E-state index is -0.236. The summed E-state index contributed by atoms with van der Waals surface area (Å²) >= 11 is 0. The van der Waals surface area contributed by atoms with Crippen molar-refractivity contribution in [1.82, 2.24) is 15.1 Å². The highest BCUT2D eigenvalue weighted by Crippen LogP contribution is 2.34. The number of nitrogens with one attached hydrogen (secondary N) is 1. The average Bonchev–Trinajstić information content (AvgIpc) is 3.02. The molecule has 2 aliphatic heterocycles. The molecule has 2 atom stereocenters. The van der Waals surface area contributed by atoms with Gasteiger partial charge in [-0.1, -0.05) is 36.4 Å². The minimum absolute atomic E-state index is 0.127. The first-order chi connectivity index (χ1) is 14.6. The average molecular weight is 412 g/mol. The molecule has 2 heterocycles. The Hall–Kier alpha value is -2.51. The summed E-state index contributed by atoms with van der Waals surface area (Å²) in [5.41, 5.74) is 2.26. The number of carbonyl (C=O) groups is 3. The van der Waals surface area contributed by atoms with Gasteiger partial charge in [0.05, 0.1) is 25.0 Å². The number of hydrogen-bond acceptors (Lipinski definition) is 5. The fourth-order valence-corrected chi connectivity index (χ4v) is 4.45. The summed E-state index contributed by atoms with van der Waals surface area (Å²) in [6, 6.07) is 8.21. The standard InChI is InChI=1S/C23H29N3O4/c27-21(8-9-26-22(28)19-6-1-2-7-20(19)23(26)29)24-15-17-4-3-5-18(14-17)16-25-10-12-30-13-11-25/h1-5,14,19-20H,6-13,15-16H2,(H,24,27)/t19-,20+. The zero-order valence-corrected chi connectivity index (χ0v) is 17.2. The molecule has 0 saturated carbocycles. The van der Waals surface area contributed by atoms with Crippen LogP contribution in [0.1, 0.15) is 30.4 Å². The molecule has 3 aliphatic rings. The van der Waals surface area contributed by atoms with Crippen molar-refractivity contribution < 1.29 is 19.1 Å². The van der Waals surface area contributed by atoms with Gasteiger partial charge in [0.25, 0.3) is 0 Å². The fraction of sp³-hybridized carbons (Fsp3) is 0.522. The van der Waals surface area contributed by atoms with Gasteiger partial charge in [0.2, 0.25) is 17.7 Å². The van der Waals surface area contributed by atoms with Crippen LogP contribution in [0.5, 0.6) is 0 Å². The summed E-state index contributed by atoms with van der Waals surface area (Å²) in [6.07, 6.45) is 5.32. The second-order valence-corrected chi connectivity index (χ2v) is 8.22. The predicted molar refractivity (Wildman–Crippen MR) is 111 cm³/mol. The lowest BCUT2D eigenvalue weighted by Crippen LogP contribution is -2.35. The van der Waals surface area contributed by atoms with E-state index in [1.807, 2.05) is 24.3 Å². The number of carbonyl (C=O) groups excluding carboxylic acids is 3. The molecule has 160 valence electrons. The van der Waals surface area contributed by atoms with Gasteiger partial charge in [-0.05, 0) is 24.0 Å². The molecule has 30 heavy (non-hydrogen) atoms. The lowest BCUT2D eigenvalue weighted by molar-refractivity contribution is -0.140. The second-order valence-electron chi connectivity index (χ2n) is 8.22. The van der Waals surface area contributed by atoms with Crippen molar-refractivity contribution >= 4 is 17.7 Å². The van der Waals surface area contributed by atoms with E-state index in [0.717, 1.165) is 38.4 Å². The largest absolute Gasteiger partial charge is 0.379 e. The van der Waals surface area contributed by atoms with Gasteiger partial charge in [-0.3, -0.25) is 24.2 Å². The molecule has 1 aromatic carbocycles. The maximum atomic E-state index is 12.5. The molecule has 3 amide bonds. The summed E-state index contributed by atoms with van der Waals surface area (Å²) < 4.78 is 5.39. The van der Waals surface area contributed by atoms with Gasteiger partial charge < -0.3 is 10.1 Å². The topological polar surface area (TPSA) is 79.0 Å². The molecule has 4 rings (SSSR count). The first-order valence-corrected chi connectivity index (χ1v) is 10.8. The van der Waals surface area contributed by atoms with Gasteiger partial charge in [0.1, 0.15) is 0 Å². The summed E-state index contributed by atoms with van der Waals surface area (Å²) in [5, 5.41) is 2.91. The van der Waals surface area contributed by atoms with E-state index in [2.05, 4.69) is 22.3 Å². The Kier molecular flexibility index (Phi) is 6.59. The smallest absolute Gasteiger partial charge is 0.233 e. The van der Waals surface area contributed by atoms with Crippen molar-refractivity contribution in [3.8, 4) is 0 Å². The molecule has 7 heteroatoms. The number of amides is 3. The summed E-state index contributed by atoms with van der Waals surface area (Å²) in [5.74, 6) is -0.877. The van der Waals surface area contributed by atoms with Crippen LogP contribution in [-0.2, 0) is 32.2 Å². The second kappa shape index (κ2) is 9.53. The van der Waals surface area contributed by atoms with Crippen LogP contribution < -0.4 is 5.32 Å². The van der Waals surface area contributed by atoms with Crippen LogP contribution >= 0.6 is 0 Å². The molecule has 0 aromatic heterocycles. The van der Waals surface area contributed by atoms with Gasteiger partial charge >= 0.3 is 0 Å². The number of benzene rings is 1. The molecular formula is C23H29N3O4. The first-order valence-electron chi connectivity index (χ1n) is 10.8. The molecule has 0 unspecified atom stereocenters. The highest BCUT2D eigenvalue weighted by molar-refractivity contribution is 6.05. The van der Waals surface area contributed by atoms with E-state index < -0.39 is 0 Å². The number of rotatable bonds is 7. The Balaban J connectivity index is 1.24. The molecule has 0 spiro atoms. The number of imide groups is 1. The van der Waals surface area contributed by atoms with Crippen molar-refractivity contribution in [2.45, 2.75) is 32.4 Å². The predicted octanol–water partition coefficient (Wildman–Crippen LogP) is 1.48. The number of nitrogens with zero attached hydrogens (tertiary/aromatic N) is 2. The van der Waals surface area contributed by atoms with Crippen molar-refractivity contribution in [3.05, 3.63) is 47.5 Å². The van der Waals surface area contributed by atoms with E-state index in [1.54, 1.807) is 0 Å². The molecule has 2 fully saturated rings. The number of morpholine rings is 1. The SMILES string of the molecule is O=C(CCN1C(=O)[C@H]2CC=CC[C@H]2C1=O)NCc1cccc(CN2CCOCC2)c1. The van der Waals surface area contributed by atoms with Gasteiger partial charge in [0.15, 0.2) is 0 Å². The molecular weight excluding hydrogens is 382 g/mol. The van der Waals surface area contributed by atoms with Gasteiger partial charge in [-0.25, -0.2) is 0 Å². The lowest BCUT2D eigenvalue weighted by Gasteiger charge is -2.26. The van der Waals surface area contributed by atoms with E-state index in [4.69, 9.17) is 4.74 Å². The third-order valence-electron chi connectivity index (χ3n) is 6.15. The quantitative estimate of drug-likeness (QED) is 0.543. The zero-order valence-electron chi connectivity index (χ0n) is 17.2. The third kappa shape index (κ3) is 4.79. The monoisotopic (exact) mass is 411 g/mol. The number of likely N-dealkylation sites (tertiary alicyclic amines) is 1. The van der Waals surface area contributed by atoms with Crippen LogP contribution in [0.2, 0.25) is 0 Å². The van der Waals surface area contributed by atoms with Crippen molar-refractivity contribution in [2.24, 2.45) is 11.8 Å². The molecule has 1 N–H and O–H groups in total. The Bertz CT molecular complexity index is 805.